The third kappa shape index (κ3) is 3.13. The van der Waals surface area contributed by atoms with E-state index in [9.17, 15) is 14.9 Å². The number of amides is 1. The van der Waals surface area contributed by atoms with Crippen molar-refractivity contribution in [2.24, 2.45) is 0 Å². The molecule has 1 heterocycles. The van der Waals surface area contributed by atoms with Crippen LogP contribution in [0.25, 0.3) is 0 Å². The molecule has 0 spiro atoms. The van der Waals surface area contributed by atoms with Crippen LogP contribution >= 0.6 is 0 Å². The summed E-state index contributed by atoms with van der Waals surface area (Å²) in [6, 6.07) is 4.80. The maximum atomic E-state index is 11.5. The summed E-state index contributed by atoms with van der Waals surface area (Å²) in [6.07, 6.45) is 1.31. The summed E-state index contributed by atoms with van der Waals surface area (Å²) in [5.41, 5.74) is 0.796. The summed E-state index contributed by atoms with van der Waals surface area (Å²) in [5.74, 6) is 0.165. The van der Waals surface area contributed by atoms with Crippen LogP contribution in [0.5, 0.6) is 5.75 Å². The zero-order valence-corrected chi connectivity index (χ0v) is 11.8. The van der Waals surface area contributed by atoms with Gasteiger partial charge < -0.3 is 14.5 Å². The van der Waals surface area contributed by atoms with Crippen LogP contribution in [-0.2, 0) is 4.79 Å². The van der Waals surface area contributed by atoms with Crippen LogP contribution in [0.15, 0.2) is 30.9 Å². The van der Waals surface area contributed by atoms with Crippen LogP contribution in [0.2, 0.25) is 0 Å². The van der Waals surface area contributed by atoms with Crippen molar-refractivity contribution in [2.75, 3.05) is 38.2 Å². The molecule has 1 aromatic rings. The summed E-state index contributed by atoms with van der Waals surface area (Å²) in [6.45, 7) is 6.01. The smallest absolute Gasteiger partial charge is 0.311 e. The van der Waals surface area contributed by atoms with Gasteiger partial charge in [-0.25, -0.2) is 0 Å². The minimum atomic E-state index is -0.469. The lowest BCUT2D eigenvalue weighted by atomic mass is 10.2. The molecule has 1 aliphatic rings. The number of ether oxygens (including phenoxy) is 1. The van der Waals surface area contributed by atoms with Crippen molar-refractivity contribution in [3.05, 3.63) is 41.0 Å². The molecule has 21 heavy (non-hydrogen) atoms. The molecule has 0 aliphatic carbocycles. The van der Waals surface area contributed by atoms with Crippen molar-refractivity contribution < 1.29 is 14.5 Å². The lowest BCUT2D eigenvalue weighted by Gasteiger charge is -2.35. The molecular formula is C14H17N3O4. The van der Waals surface area contributed by atoms with Gasteiger partial charge in [0, 0.05) is 44.0 Å². The number of nitro groups is 1. The fraction of sp³-hybridized carbons (Fsp3) is 0.357. The van der Waals surface area contributed by atoms with E-state index in [0.29, 0.717) is 26.2 Å². The molecule has 2 rings (SSSR count). The number of nitro benzene ring substituents is 1. The Morgan fingerprint density at radius 2 is 2.05 bits per heavy atom. The molecule has 1 saturated heterocycles. The predicted molar refractivity (Wildman–Crippen MR) is 78.6 cm³/mol. The van der Waals surface area contributed by atoms with Crippen molar-refractivity contribution in [1.29, 1.82) is 0 Å². The summed E-state index contributed by atoms with van der Waals surface area (Å²) in [7, 11) is 1.41. The molecule has 112 valence electrons. The highest BCUT2D eigenvalue weighted by molar-refractivity contribution is 5.87. The van der Waals surface area contributed by atoms with E-state index in [1.807, 2.05) is 0 Å². The number of anilines is 1. The van der Waals surface area contributed by atoms with Crippen molar-refractivity contribution in [2.45, 2.75) is 0 Å². The molecule has 7 nitrogen and oxygen atoms in total. The highest BCUT2D eigenvalue weighted by Gasteiger charge is 2.22. The molecule has 1 amide bonds. The number of piperazine rings is 1. The van der Waals surface area contributed by atoms with Gasteiger partial charge in [0.1, 0.15) is 0 Å². The number of nitrogens with zero attached hydrogens (tertiary/aromatic N) is 3. The number of benzene rings is 1. The highest BCUT2D eigenvalue weighted by atomic mass is 16.6. The zero-order valence-electron chi connectivity index (χ0n) is 11.8. The summed E-state index contributed by atoms with van der Waals surface area (Å²) in [4.78, 5) is 25.7. The third-order valence-corrected chi connectivity index (χ3v) is 3.49. The van der Waals surface area contributed by atoms with Crippen molar-refractivity contribution in [3.8, 4) is 5.75 Å². The zero-order chi connectivity index (χ0) is 15.4. The van der Waals surface area contributed by atoms with E-state index in [1.54, 1.807) is 17.0 Å². The first-order valence-electron chi connectivity index (χ1n) is 6.55. The SMILES string of the molecule is C=CC(=O)N1CCN(c2ccc([N+](=O)[O-])c(OC)c2)CC1. The summed E-state index contributed by atoms with van der Waals surface area (Å²) in [5, 5.41) is 10.9. The Balaban J connectivity index is 2.12. The van der Waals surface area contributed by atoms with E-state index < -0.39 is 4.92 Å². The minimum Gasteiger partial charge on any atom is -0.490 e. The van der Waals surface area contributed by atoms with E-state index >= 15 is 0 Å². The lowest BCUT2D eigenvalue weighted by Crippen LogP contribution is -2.48. The van der Waals surface area contributed by atoms with Gasteiger partial charge in [0.25, 0.3) is 0 Å². The van der Waals surface area contributed by atoms with Gasteiger partial charge in [0.2, 0.25) is 5.91 Å². The van der Waals surface area contributed by atoms with Crippen LogP contribution in [0.4, 0.5) is 11.4 Å². The van der Waals surface area contributed by atoms with E-state index in [1.165, 1.54) is 19.3 Å². The second-order valence-electron chi connectivity index (χ2n) is 4.63. The Hall–Kier alpha value is -2.57. The molecule has 0 unspecified atom stereocenters. The standard InChI is InChI=1S/C14H17N3O4/c1-3-14(18)16-8-6-15(7-9-16)11-4-5-12(17(19)20)13(10-11)21-2/h3-5,10H,1,6-9H2,2H3. The molecule has 0 aromatic heterocycles. The van der Waals surface area contributed by atoms with Gasteiger partial charge in [-0.05, 0) is 12.1 Å². The Morgan fingerprint density at radius 1 is 1.38 bits per heavy atom. The first kappa shape index (κ1) is 14.8. The molecule has 1 fully saturated rings. The maximum Gasteiger partial charge on any atom is 0.311 e. The van der Waals surface area contributed by atoms with Gasteiger partial charge in [-0.3, -0.25) is 14.9 Å². The van der Waals surface area contributed by atoms with Crippen LogP contribution in [0, 0.1) is 10.1 Å². The summed E-state index contributed by atoms with van der Waals surface area (Å²) >= 11 is 0. The van der Waals surface area contributed by atoms with Crippen LogP contribution in [0.3, 0.4) is 0 Å². The molecule has 7 heteroatoms. The Bertz CT molecular complexity index is 565. The number of carbonyl (C=O) groups is 1. The van der Waals surface area contributed by atoms with Gasteiger partial charge >= 0.3 is 5.69 Å². The van der Waals surface area contributed by atoms with E-state index in [4.69, 9.17) is 4.74 Å². The predicted octanol–water partition coefficient (Wildman–Crippen LogP) is 1.44. The topological polar surface area (TPSA) is 75.9 Å². The number of carbonyl (C=O) groups excluding carboxylic acids is 1. The monoisotopic (exact) mass is 291 g/mol. The minimum absolute atomic E-state index is 0.0540. The maximum absolute atomic E-state index is 11.5. The van der Waals surface area contributed by atoms with Crippen molar-refractivity contribution >= 4 is 17.3 Å². The average Bonchev–Trinajstić information content (AvgIpc) is 2.53. The van der Waals surface area contributed by atoms with Crippen LogP contribution < -0.4 is 9.64 Å². The summed E-state index contributed by atoms with van der Waals surface area (Å²) < 4.78 is 5.07. The fourth-order valence-corrected chi connectivity index (χ4v) is 2.33. The molecule has 1 aromatic carbocycles. The van der Waals surface area contributed by atoms with E-state index in [-0.39, 0.29) is 17.3 Å². The highest BCUT2D eigenvalue weighted by Crippen LogP contribution is 2.31. The number of rotatable bonds is 4. The molecule has 0 radical (unpaired) electrons. The Kier molecular flexibility index (Phi) is 4.42. The van der Waals surface area contributed by atoms with E-state index in [2.05, 4.69) is 11.5 Å². The Labute approximate surface area is 122 Å². The first-order valence-corrected chi connectivity index (χ1v) is 6.55. The lowest BCUT2D eigenvalue weighted by molar-refractivity contribution is -0.385. The molecule has 1 aliphatic heterocycles. The molecule has 0 bridgehead atoms. The van der Waals surface area contributed by atoms with Crippen LogP contribution in [0.1, 0.15) is 0 Å². The molecule has 0 saturated carbocycles. The number of hydrogen-bond donors (Lipinski definition) is 0. The first-order chi connectivity index (χ1) is 10.1. The Morgan fingerprint density at radius 3 is 2.57 bits per heavy atom. The van der Waals surface area contributed by atoms with Gasteiger partial charge in [0.15, 0.2) is 5.75 Å². The van der Waals surface area contributed by atoms with E-state index in [0.717, 1.165) is 5.69 Å². The third-order valence-electron chi connectivity index (χ3n) is 3.49. The van der Waals surface area contributed by atoms with Gasteiger partial charge in [0.05, 0.1) is 12.0 Å². The van der Waals surface area contributed by atoms with Gasteiger partial charge in [-0.15, -0.1) is 0 Å². The average molecular weight is 291 g/mol. The van der Waals surface area contributed by atoms with Crippen LogP contribution in [-0.4, -0.2) is 49.0 Å². The largest absolute Gasteiger partial charge is 0.490 e. The number of methoxy groups -OCH3 is 1. The molecule has 0 N–H and O–H groups in total. The van der Waals surface area contributed by atoms with Gasteiger partial charge in [-0.1, -0.05) is 6.58 Å². The fourth-order valence-electron chi connectivity index (χ4n) is 2.33. The molecular weight excluding hydrogens is 274 g/mol. The normalized spacial score (nSPS) is 14.7. The van der Waals surface area contributed by atoms with Crippen molar-refractivity contribution in [3.63, 3.8) is 0 Å². The molecule has 0 atom stereocenters. The second kappa shape index (κ2) is 6.25. The quantitative estimate of drug-likeness (QED) is 0.476. The number of hydrogen-bond acceptors (Lipinski definition) is 5. The second-order valence-corrected chi connectivity index (χ2v) is 4.63. The van der Waals surface area contributed by atoms with Crippen molar-refractivity contribution in [1.82, 2.24) is 4.90 Å². The van der Waals surface area contributed by atoms with Gasteiger partial charge in [-0.2, -0.15) is 0 Å².